The van der Waals surface area contributed by atoms with Crippen molar-refractivity contribution < 1.29 is 5.11 Å². The van der Waals surface area contributed by atoms with Crippen molar-refractivity contribution in [1.82, 2.24) is 10.3 Å². The lowest BCUT2D eigenvalue weighted by Gasteiger charge is -2.19. The first-order valence-electron chi connectivity index (χ1n) is 5.36. The maximum Gasteiger partial charge on any atom is 0.140 e. The molecule has 0 aliphatic rings. The summed E-state index contributed by atoms with van der Waals surface area (Å²) in [6, 6.07) is 5.70. The molecule has 16 heavy (non-hydrogen) atoms. The maximum absolute atomic E-state index is 9.15. The molecule has 1 atom stereocenters. The average molecular weight is 219 g/mol. The van der Waals surface area contributed by atoms with Crippen LogP contribution in [0.3, 0.4) is 0 Å². The number of hydrogen-bond donors (Lipinski definition) is 2. The van der Waals surface area contributed by atoms with Crippen molar-refractivity contribution in [1.29, 1.82) is 5.26 Å². The number of nitrogens with zero attached hydrogens (tertiary/aromatic N) is 2. The summed E-state index contributed by atoms with van der Waals surface area (Å²) in [4.78, 5) is 3.90. The zero-order valence-electron chi connectivity index (χ0n) is 9.64. The number of nitrogens with one attached hydrogen (secondary N) is 1. The van der Waals surface area contributed by atoms with E-state index in [-0.39, 0.29) is 12.6 Å². The Kier molecular flexibility index (Phi) is 4.90. The fourth-order valence-electron chi connectivity index (χ4n) is 1.41. The van der Waals surface area contributed by atoms with Crippen LogP contribution in [0.2, 0.25) is 0 Å². The van der Waals surface area contributed by atoms with Crippen molar-refractivity contribution in [3.8, 4) is 6.07 Å². The average Bonchev–Trinajstić information content (AvgIpc) is 2.29. The number of aliphatic hydroxyl groups excluding tert-OH is 1. The van der Waals surface area contributed by atoms with E-state index >= 15 is 0 Å². The predicted molar refractivity (Wildman–Crippen MR) is 61.5 cm³/mol. The summed E-state index contributed by atoms with van der Waals surface area (Å²) in [6.45, 7) is 4.87. The summed E-state index contributed by atoms with van der Waals surface area (Å²) in [7, 11) is 0. The molecule has 1 aromatic heterocycles. The molecule has 1 heterocycles. The second-order valence-electron chi connectivity index (χ2n) is 4.08. The van der Waals surface area contributed by atoms with Gasteiger partial charge < -0.3 is 10.4 Å². The summed E-state index contributed by atoms with van der Waals surface area (Å²) < 4.78 is 0. The minimum atomic E-state index is 0.0821. The first-order chi connectivity index (χ1) is 7.67. The SMILES string of the molecule is CC(C)[C@@H](CO)NCc1ccnc(C#N)c1. The van der Waals surface area contributed by atoms with Crippen molar-refractivity contribution in [3.05, 3.63) is 29.6 Å². The quantitative estimate of drug-likeness (QED) is 0.777. The molecule has 2 N–H and O–H groups in total. The predicted octanol–water partition coefficient (Wildman–Crippen LogP) is 1.06. The lowest BCUT2D eigenvalue weighted by molar-refractivity contribution is 0.210. The van der Waals surface area contributed by atoms with Crippen LogP contribution < -0.4 is 5.32 Å². The van der Waals surface area contributed by atoms with Gasteiger partial charge in [0.05, 0.1) is 6.61 Å². The van der Waals surface area contributed by atoms with Gasteiger partial charge in [-0.05, 0) is 23.6 Å². The highest BCUT2D eigenvalue weighted by atomic mass is 16.3. The standard InChI is InChI=1S/C12H17N3O/c1-9(2)12(8-16)15-7-10-3-4-14-11(5-10)6-13/h3-5,9,12,15-16H,7-8H2,1-2H3/t12-/m1/s1. The molecule has 0 aliphatic heterocycles. The van der Waals surface area contributed by atoms with Crippen molar-refractivity contribution in [3.63, 3.8) is 0 Å². The van der Waals surface area contributed by atoms with Gasteiger partial charge in [-0.25, -0.2) is 4.98 Å². The Morgan fingerprint density at radius 2 is 2.31 bits per heavy atom. The van der Waals surface area contributed by atoms with Crippen LogP contribution in [0.25, 0.3) is 0 Å². The zero-order chi connectivity index (χ0) is 12.0. The second-order valence-corrected chi connectivity index (χ2v) is 4.08. The highest BCUT2D eigenvalue weighted by molar-refractivity contribution is 5.25. The molecule has 4 nitrogen and oxygen atoms in total. The molecule has 0 unspecified atom stereocenters. The minimum absolute atomic E-state index is 0.0821. The van der Waals surface area contributed by atoms with Crippen LogP contribution in [0.15, 0.2) is 18.3 Å². The van der Waals surface area contributed by atoms with Crippen LogP contribution in [-0.4, -0.2) is 22.7 Å². The molecule has 0 aliphatic carbocycles. The van der Waals surface area contributed by atoms with E-state index in [1.165, 1.54) is 0 Å². The van der Waals surface area contributed by atoms with Crippen molar-refractivity contribution in [2.24, 2.45) is 5.92 Å². The Hall–Kier alpha value is -1.44. The molecule has 0 saturated heterocycles. The van der Waals surface area contributed by atoms with Gasteiger partial charge in [-0.1, -0.05) is 13.8 Å². The highest BCUT2D eigenvalue weighted by Gasteiger charge is 2.10. The molecule has 0 spiro atoms. The third-order valence-electron chi connectivity index (χ3n) is 2.51. The summed E-state index contributed by atoms with van der Waals surface area (Å²) in [5, 5.41) is 21.1. The van der Waals surface area contributed by atoms with Gasteiger partial charge >= 0.3 is 0 Å². The number of nitriles is 1. The molecule has 0 aromatic carbocycles. The molecule has 0 amide bonds. The third-order valence-corrected chi connectivity index (χ3v) is 2.51. The van der Waals surface area contributed by atoms with E-state index < -0.39 is 0 Å². The summed E-state index contributed by atoms with van der Waals surface area (Å²) in [6.07, 6.45) is 1.62. The van der Waals surface area contributed by atoms with E-state index in [4.69, 9.17) is 10.4 Å². The van der Waals surface area contributed by atoms with Gasteiger partial charge in [-0.3, -0.25) is 0 Å². The lowest BCUT2D eigenvalue weighted by Crippen LogP contribution is -2.36. The normalized spacial score (nSPS) is 12.4. The van der Waals surface area contributed by atoms with Crippen LogP contribution in [0, 0.1) is 17.2 Å². The van der Waals surface area contributed by atoms with E-state index in [0.717, 1.165) is 5.56 Å². The smallest absolute Gasteiger partial charge is 0.140 e. The number of pyridine rings is 1. The number of aliphatic hydroxyl groups is 1. The maximum atomic E-state index is 9.15. The first-order valence-corrected chi connectivity index (χ1v) is 5.36. The van der Waals surface area contributed by atoms with Gasteiger partial charge in [-0.15, -0.1) is 0 Å². The van der Waals surface area contributed by atoms with Crippen LogP contribution in [0.5, 0.6) is 0 Å². The third kappa shape index (κ3) is 3.61. The van der Waals surface area contributed by atoms with Gasteiger partial charge in [0, 0.05) is 18.8 Å². The molecule has 0 radical (unpaired) electrons. The lowest BCUT2D eigenvalue weighted by atomic mass is 10.1. The van der Waals surface area contributed by atoms with E-state index in [2.05, 4.69) is 24.1 Å². The molecular formula is C12H17N3O. The molecular weight excluding hydrogens is 202 g/mol. The fraction of sp³-hybridized carbons (Fsp3) is 0.500. The van der Waals surface area contributed by atoms with E-state index in [1.54, 1.807) is 12.3 Å². The van der Waals surface area contributed by atoms with Gasteiger partial charge in [0.15, 0.2) is 0 Å². The second kappa shape index (κ2) is 6.21. The van der Waals surface area contributed by atoms with Crippen molar-refractivity contribution in [2.45, 2.75) is 26.4 Å². The van der Waals surface area contributed by atoms with Crippen LogP contribution in [0.4, 0.5) is 0 Å². The van der Waals surface area contributed by atoms with E-state index in [9.17, 15) is 0 Å². The zero-order valence-corrected chi connectivity index (χ0v) is 9.64. The van der Waals surface area contributed by atoms with E-state index in [1.807, 2.05) is 12.1 Å². The van der Waals surface area contributed by atoms with E-state index in [0.29, 0.717) is 18.2 Å². The fourth-order valence-corrected chi connectivity index (χ4v) is 1.41. The van der Waals surface area contributed by atoms with Crippen molar-refractivity contribution >= 4 is 0 Å². The molecule has 0 bridgehead atoms. The number of rotatable bonds is 5. The Balaban J connectivity index is 2.57. The highest BCUT2D eigenvalue weighted by Crippen LogP contribution is 2.04. The largest absolute Gasteiger partial charge is 0.395 e. The molecule has 0 fully saturated rings. The van der Waals surface area contributed by atoms with Crippen LogP contribution >= 0.6 is 0 Å². The monoisotopic (exact) mass is 219 g/mol. The molecule has 4 heteroatoms. The molecule has 1 aromatic rings. The van der Waals surface area contributed by atoms with Gasteiger partial charge in [-0.2, -0.15) is 5.26 Å². The van der Waals surface area contributed by atoms with Gasteiger partial charge in [0.25, 0.3) is 0 Å². The summed E-state index contributed by atoms with van der Waals surface area (Å²) in [5.74, 6) is 0.377. The molecule has 86 valence electrons. The van der Waals surface area contributed by atoms with Crippen molar-refractivity contribution in [2.75, 3.05) is 6.61 Å². The Labute approximate surface area is 95.9 Å². The first kappa shape index (κ1) is 12.6. The Morgan fingerprint density at radius 1 is 1.56 bits per heavy atom. The molecule has 1 rings (SSSR count). The molecule has 0 saturated carbocycles. The van der Waals surface area contributed by atoms with Gasteiger partial charge in [0.1, 0.15) is 11.8 Å². The number of aromatic nitrogens is 1. The van der Waals surface area contributed by atoms with Crippen LogP contribution in [0.1, 0.15) is 25.1 Å². The number of hydrogen-bond acceptors (Lipinski definition) is 4. The summed E-state index contributed by atoms with van der Waals surface area (Å²) >= 11 is 0. The Morgan fingerprint density at radius 3 is 2.88 bits per heavy atom. The Bertz CT molecular complexity index is 371. The van der Waals surface area contributed by atoms with Gasteiger partial charge in [0.2, 0.25) is 0 Å². The van der Waals surface area contributed by atoms with Crippen LogP contribution in [-0.2, 0) is 6.54 Å². The summed E-state index contributed by atoms with van der Waals surface area (Å²) in [5.41, 5.74) is 1.43. The topological polar surface area (TPSA) is 68.9 Å². The minimum Gasteiger partial charge on any atom is -0.395 e.